The minimum Gasteiger partial charge on any atom is -0.393 e. The van der Waals surface area contributed by atoms with Crippen LogP contribution in [0.4, 0.5) is 0 Å². The first-order chi connectivity index (χ1) is 7.83. The Morgan fingerprint density at radius 2 is 2.00 bits per heavy atom. The van der Waals surface area contributed by atoms with E-state index in [1.165, 1.54) is 0 Å². The molecule has 2 unspecified atom stereocenters. The minimum atomic E-state index is -0.165. The fourth-order valence-corrected chi connectivity index (χ4v) is 1.95. The van der Waals surface area contributed by atoms with Gasteiger partial charge in [-0.05, 0) is 32.1 Å². The molecule has 2 atom stereocenters. The Kier molecular flexibility index (Phi) is 7.76. The molecule has 0 radical (unpaired) electrons. The summed E-state index contributed by atoms with van der Waals surface area (Å²) in [6.45, 7) is 2.74. The van der Waals surface area contributed by atoms with Crippen molar-refractivity contribution in [1.82, 2.24) is 0 Å². The predicted octanol–water partition coefficient (Wildman–Crippen LogP) is 1.36. The van der Waals surface area contributed by atoms with Crippen molar-refractivity contribution in [1.29, 1.82) is 0 Å². The van der Waals surface area contributed by atoms with Gasteiger partial charge in [0.25, 0.3) is 0 Å². The van der Waals surface area contributed by atoms with Crippen LogP contribution in [0.1, 0.15) is 32.1 Å². The molecule has 16 heavy (non-hydrogen) atoms. The van der Waals surface area contributed by atoms with E-state index in [0.29, 0.717) is 13.2 Å². The summed E-state index contributed by atoms with van der Waals surface area (Å²) >= 11 is 0. The van der Waals surface area contributed by atoms with Gasteiger partial charge in [0.15, 0.2) is 0 Å². The Hall–Kier alpha value is -0.160. The molecule has 1 saturated carbocycles. The standard InChI is InChI=1S/C12H24O4/c1-14-6-3-7-15-8-9-16-12-5-2-4-11(13)10-12/h11-13H,2-10H2,1H3. The van der Waals surface area contributed by atoms with E-state index in [-0.39, 0.29) is 12.2 Å². The fraction of sp³-hybridized carbons (Fsp3) is 1.00. The van der Waals surface area contributed by atoms with E-state index in [9.17, 15) is 5.11 Å². The Morgan fingerprint density at radius 3 is 2.75 bits per heavy atom. The second kappa shape index (κ2) is 8.93. The van der Waals surface area contributed by atoms with E-state index in [0.717, 1.165) is 45.3 Å². The van der Waals surface area contributed by atoms with Crippen molar-refractivity contribution in [2.75, 3.05) is 33.5 Å². The first-order valence-electron chi connectivity index (χ1n) is 6.19. The maximum absolute atomic E-state index is 9.45. The molecule has 0 spiro atoms. The SMILES string of the molecule is COCCCOCCOC1CCCC(O)C1. The Labute approximate surface area is 97.9 Å². The maximum atomic E-state index is 9.45. The molecule has 0 aromatic rings. The van der Waals surface area contributed by atoms with Crippen molar-refractivity contribution in [3.63, 3.8) is 0 Å². The molecule has 4 heteroatoms. The topological polar surface area (TPSA) is 47.9 Å². The molecule has 0 saturated heterocycles. The summed E-state index contributed by atoms with van der Waals surface area (Å²) in [5.74, 6) is 0. The molecule has 1 aliphatic carbocycles. The second-order valence-electron chi connectivity index (χ2n) is 4.27. The van der Waals surface area contributed by atoms with Crippen molar-refractivity contribution in [2.24, 2.45) is 0 Å². The van der Waals surface area contributed by atoms with Gasteiger partial charge >= 0.3 is 0 Å². The quantitative estimate of drug-likeness (QED) is 0.642. The fourth-order valence-electron chi connectivity index (χ4n) is 1.95. The molecule has 0 amide bonds. The van der Waals surface area contributed by atoms with Gasteiger partial charge in [0.1, 0.15) is 0 Å². The second-order valence-corrected chi connectivity index (χ2v) is 4.27. The maximum Gasteiger partial charge on any atom is 0.0704 e. The lowest BCUT2D eigenvalue weighted by molar-refractivity contribution is -0.0380. The molecule has 0 aromatic carbocycles. The number of aliphatic hydroxyl groups excluding tert-OH is 1. The molecule has 0 aliphatic heterocycles. The van der Waals surface area contributed by atoms with Crippen molar-refractivity contribution < 1.29 is 19.3 Å². The number of methoxy groups -OCH3 is 1. The molecule has 1 N–H and O–H groups in total. The Bertz CT molecular complexity index is 163. The zero-order valence-electron chi connectivity index (χ0n) is 10.2. The lowest BCUT2D eigenvalue weighted by Gasteiger charge is -2.25. The highest BCUT2D eigenvalue weighted by Gasteiger charge is 2.20. The van der Waals surface area contributed by atoms with Crippen molar-refractivity contribution in [2.45, 2.75) is 44.3 Å². The number of hydrogen-bond donors (Lipinski definition) is 1. The minimum absolute atomic E-state index is 0.165. The van der Waals surface area contributed by atoms with Crippen LogP contribution >= 0.6 is 0 Å². The summed E-state index contributed by atoms with van der Waals surface area (Å²) in [7, 11) is 1.69. The summed E-state index contributed by atoms with van der Waals surface area (Å²) in [5, 5.41) is 9.45. The van der Waals surface area contributed by atoms with Gasteiger partial charge in [-0.15, -0.1) is 0 Å². The average molecular weight is 232 g/mol. The molecule has 0 aromatic heterocycles. The molecule has 1 aliphatic rings. The van der Waals surface area contributed by atoms with Gasteiger partial charge in [0.05, 0.1) is 25.4 Å². The predicted molar refractivity (Wildman–Crippen MR) is 61.5 cm³/mol. The highest BCUT2D eigenvalue weighted by Crippen LogP contribution is 2.20. The van der Waals surface area contributed by atoms with Crippen molar-refractivity contribution in [3.05, 3.63) is 0 Å². The van der Waals surface area contributed by atoms with Gasteiger partial charge in [-0.3, -0.25) is 0 Å². The van der Waals surface area contributed by atoms with E-state index in [4.69, 9.17) is 14.2 Å². The van der Waals surface area contributed by atoms with Crippen LogP contribution in [0.15, 0.2) is 0 Å². The van der Waals surface area contributed by atoms with Crippen LogP contribution in [0, 0.1) is 0 Å². The summed E-state index contributed by atoms with van der Waals surface area (Å²) in [4.78, 5) is 0. The third-order valence-electron chi connectivity index (χ3n) is 2.82. The summed E-state index contributed by atoms with van der Waals surface area (Å²) < 4.78 is 15.9. The Morgan fingerprint density at radius 1 is 1.12 bits per heavy atom. The number of rotatable bonds is 8. The van der Waals surface area contributed by atoms with Crippen LogP contribution in [0.5, 0.6) is 0 Å². The largest absolute Gasteiger partial charge is 0.393 e. The average Bonchev–Trinajstić information content (AvgIpc) is 2.28. The first-order valence-corrected chi connectivity index (χ1v) is 6.19. The summed E-state index contributed by atoms with van der Waals surface area (Å²) in [6.07, 6.45) is 4.84. The molecular formula is C12H24O4. The van der Waals surface area contributed by atoms with Crippen LogP contribution in [-0.4, -0.2) is 50.9 Å². The third-order valence-corrected chi connectivity index (χ3v) is 2.82. The molecule has 1 rings (SSSR count). The van der Waals surface area contributed by atoms with Gasteiger partial charge in [-0.1, -0.05) is 0 Å². The highest BCUT2D eigenvalue weighted by molar-refractivity contribution is 4.72. The number of hydrogen-bond acceptors (Lipinski definition) is 4. The van der Waals surface area contributed by atoms with Gasteiger partial charge in [-0.25, -0.2) is 0 Å². The first kappa shape index (κ1) is 13.9. The molecule has 1 fully saturated rings. The van der Waals surface area contributed by atoms with Gasteiger partial charge in [-0.2, -0.15) is 0 Å². The molecular weight excluding hydrogens is 208 g/mol. The smallest absolute Gasteiger partial charge is 0.0704 e. The van der Waals surface area contributed by atoms with Crippen LogP contribution in [0.25, 0.3) is 0 Å². The molecule has 0 bridgehead atoms. The van der Waals surface area contributed by atoms with Crippen LogP contribution in [0.3, 0.4) is 0 Å². The summed E-state index contributed by atoms with van der Waals surface area (Å²) in [5.41, 5.74) is 0. The van der Waals surface area contributed by atoms with Crippen LogP contribution in [-0.2, 0) is 14.2 Å². The normalized spacial score (nSPS) is 25.9. The van der Waals surface area contributed by atoms with E-state index in [1.54, 1.807) is 7.11 Å². The van der Waals surface area contributed by atoms with E-state index < -0.39 is 0 Å². The summed E-state index contributed by atoms with van der Waals surface area (Å²) in [6, 6.07) is 0. The molecule has 96 valence electrons. The van der Waals surface area contributed by atoms with Crippen molar-refractivity contribution >= 4 is 0 Å². The number of ether oxygens (including phenoxy) is 3. The lowest BCUT2D eigenvalue weighted by Crippen LogP contribution is -2.27. The zero-order chi connectivity index (χ0) is 11.6. The third kappa shape index (κ3) is 6.43. The zero-order valence-corrected chi connectivity index (χ0v) is 10.2. The van der Waals surface area contributed by atoms with E-state index >= 15 is 0 Å². The van der Waals surface area contributed by atoms with Crippen LogP contribution in [0.2, 0.25) is 0 Å². The van der Waals surface area contributed by atoms with Gasteiger partial charge < -0.3 is 19.3 Å². The number of aliphatic hydroxyl groups is 1. The van der Waals surface area contributed by atoms with E-state index in [1.807, 2.05) is 0 Å². The lowest BCUT2D eigenvalue weighted by atomic mass is 9.95. The Balaban J connectivity index is 1.86. The van der Waals surface area contributed by atoms with Crippen molar-refractivity contribution in [3.8, 4) is 0 Å². The molecule has 0 heterocycles. The van der Waals surface area contributed by atoms with Crippen LogP contribution < -0.4 is 0 Å². The monoisotopic (exact) mass is 232 g/mol. The van der Waals surface area contributed by atoms with E-state index in [2.05, 4.69) is 0 Å². The molecule has 4 nitrogen and oxygen atoms in total. The highest BCUT2D eigenvalue weighted by atomic mass is 16.5. The van der Waals surface area contributed by atoms with Gasteiger partial charge in [0, 0.05) is 20.3 Å². The van der Waals surface area contributed by atoms with Gasteiger partial charge in [0.2, 0.25) is 0 Å².